The maximum absolute atomic E-state index is 5.32. The number of anilines is 2. The van der Waals surface area contributed by atoms with Crippen molar-refractivity contribution in [2.45, 2.75) is 18.9 Å². The van der Waals surface area contributed by atoms with E-state index in [9.17, 15) is 0 Å². The van der Waals surface area contributed by atoms with E-state index in [0.717, 1.165) is 24.1 Å². The number of hydrogen-bond acceptors (Lipinski definition) is 3. The molecule has 1 fully saturated rings. The van der Waals surface area contributed by atoms with E-state index in [-0.39, 0.29) is 0 Å². The first-order valence-electron chi connectivity index (χ1n) is 5.07. The van der Waals surface area contributed by atoms with Gasteiger partial charge in [-0.2, -0.15) is 0 Å². The fraction of sp³-hybridized carbons (Fsp3) is 0.455. The molecule has 1 saturated carbocycles. The molecule has 1 heterocycles. The Bertz CT molecular complexity index is 360. The van der Waals surface area contributed by atoms with Crippen LogP contribution in [0.1, 0.15) is 12.8 Å². The van der Waals surface area contributed by atoms with E-state index in [1.54, 1.807) is 7.11 Å². The molecule has 0 spiro atoms. The van der Waals surface area contributed by atoms with Gasteiger partial charge in [0, 0.05) is 6.04 Å². The van der Waals surface area contributed by atoms with E-state index < -0.39 is 0 Å². The first kappa shape index (κ1) is 7.97. The summed E-state index contributed by atoms with van der Waals surface area (Å²) in [6, 6.07) is 6.98. The Hall–Kier alpha value is -1.38. The van der Waals surface area contributed by atoms with E-state index in [2.05, 4.69) is 22.3 Å². The van der Waals surface area contributed by atoms with Crippen molar-refractivity contribution in [1.29, 1.82) is 0 Å². The van der Waals surface area contributed by atoms with Crippen LogP contribution in [0.4, 0.5) is 11.4 Å². The minimum atomic E-state index is 0.760. The van der Waals surface area contributed by atoms with Gasteiger partial charge in [-0.1, -0.05) is 6.07 Å². The van der Waals surface area contributed by atoms with Crippen LogP contribution in [-0.4, -0.2) is 19.8 Å². The largest absolute Gasteiger partial charge is 0.495 e. The lowest BCUT2D eigenvalue weighted by atomic mass is 10.2. The second kappa shape index (κ2) is 2.80. The van der Waals surface area contributed by atoms with Crippen molar-refractivity contribution in [3.05, 3.63) is 18.2 Å². The number of benzene rings is 1. The fourth-order valence-electron chi connectivity index (χ4n) is 2.07. The zero-order chi connectivity index (χ0) is 9.54. The van der Waals surface area contributed by atoms with Crippen molar-refractivity contribution in [3.8, 4) is 5.75 Å². The summed E-state index contributed by atoms with van der Waals surface area (Å²) in [5.74, 6) is 0.950. The zero-order valence-corrected chi connectivity index (χ0v) is 8.29. The molecule has 0 atom stereocenters. The highest BCUT2D eigenvalue weighted by atomic mass is 16.5. The summed E-state index contributed by atoms with van der Waals surface area (Å²) in [6.45, 7) is 0.931. The van der Waals surface area contributed by atoms with Gasteiger partial charge in [-0.3, -0.25) is 0 Å². The Morgan fingerprint density at radius 2 is 2.29 bits per heavy atom. The zero-order valence-electron chi connectivity index (χ0n) is 8.29. The Morgan fingerprint density at radius 3 is 3.00 bits per heavy atom. The number of fused-ring (bicyclic) bond motifs is 1. The summed E-state index contributed by atoms with van der Waals surface area (Å²) >= 11 is 0. The maximum Gasteiger partial charge on any atom is 0.144 e. The lowest BCUT2D eigenvalue weighted by Crippen LogP contribution is -2.24. The highest BCUT2D eigenvalue weighted by molar-refractivity contribution is 5.81. The smallest absolute Gasteiger partial charge is 0.144 e. The van der Waals surface area contributed by atoms with Crippen molar-refractivity contribution in [2.75, 3.05) is 24.0 Å². The minimum absolute atomic E-state index is 0.760. The van der Waals surface area contributed by atoms with Crippen LogP contribution in [0.2, 0.25) is 0 Å². The van der Waals surface area contributed by atoms with Crippen molar-refractivity contribution in [2.24, 2.45) is 0 Å². The van der Waals surface area contributed by atoms with E-state index in [1.165, 1.54) is 18.5 Å². The number of para-hydroxylation sites is 1. The SMILES string of the molecule is COc1cccc2c1NCN2C1CC1. The summed E-state index contributed by atoms with van der Waals surface area (Å²) < 4.78 is 5.32. The van der Waals surface area contributed by atoms with E-state index in [4.69, 9.17) is 4.74 Å². The highest BCUT2D eigenvalue weighted by Crippen LogP contribution is 2.43. The normalized spacial score (nSPS) is 19.1. The van der Waals surface area contributed by atoms with Crippen LogP contribution in [0.3, 0.4) is 0 Å². The lowest BCUT2D eigenvalue weighted by Gasteiger charge is -2.16. The summed E-state index contributed by atoms with van der Waals surface area (Å²) in [4.78, 5) is 2.43. The third-order valence-corrected chi connectivity index (χ3v) is 2.95. The van der Waals surface area contributed by atoms with Crippen molar-refractivity contribution >= 4 is 11.4 Å². The molecular weight excluding hydrogens is 176 g/mol. The number of ether oxygens (including phenoxy) is 1. The van der Waals surface area contributed by atoms with E-state index in [1.807, 2.05) is 6.07 Å². The number of methoxy groups -OCH3 is 1. The van der Waals surface area contributed by atoms with Crippen molar-refractivity contribution in [1.82, 2.24) is 0 Å². The van der Waals surface area contributed by atoms with E-state index in [0.29, 0.717) is 0 Å². The van der Waals surface area contributed by atoms with Crippen molar-refractivity contribution in [3.63, 3.8) is 0 Å². The van der Waals surface area contributed by atoms with Crippen LogP contribution in [0, 0.1) is 0 Å². The molecule has 14 heavy (non-hydrogen) atoms. The van der Waals surface area contributed by atoms with Crippen LogP contribution in [0.25, 0.3) is 0 Å². The van der Waals surface area contributed by atoms with Gasteiger partial charge in [0.1, 0.15) is 11.4 Å². The van der Waals surface area contributed by atoms with Crippen LogP contribution >= 0.6 is 0 Å². The fourth-order valence-corrected chi connectivity index (χ4v) is 2.07. The maximum atomic E-state index is 5.32. The summed E-state index contributed by atoms with van der Waals surface area (Å²) in [6.07, 6.45) is 2.66. The third kappa shape index (κ3) is 1.05. The standard InChI is InChI=1S/C11H14N2O/c1-14-10-4-2-3-9-11(10)12-7-13(9)8-5-6-8/h2-4,8,12H,5-7H2,1H3. The molecule has 1 N–H and O–H groups in total. The van der Waals surface area contributed by atoms with Crippen LogP contribution < -0.4 is 15.0 Å². The molecule has 0 unspecified atom stereocenters. The van der Waals surface area contributed by atoms with E-state index >= 15 is 0 Å². The Kier molecular flexibility index (Phi) is 1.60. The van der Waals surface area contributed by atoms with Gasteiger partial charge in [-0.05, 0) is 25.0 Å². The second-order valence-corrected chi connectivity index (χ2v) is 3.89. The van der Waals surface area contributed by atoms with Crippen LogP contribution in [0.15, 0.2) is 18.2 Å². The van der Waals surface area contributed by atoms with Gasteiger partial charge in [0.05, 0.1) is 19.5 Å². The molecule has 1 aliphatic heterocycles. The first-order chi connectivity index (χ1) is 6.90. The molecule has 3 nitrogen and oxygen atoms in total. The molecule has 0 amide bonds. The molecule has 3 rings (SSSR count). The molecule has 0 aromatic heterocycles. The van der Waals surface area contributed by atoms with Crippen LogP contribution in [-0.2, 0) is 0 Å². The predicted molar refractivity (Wildman–Crippen MR) is 57.0 cm³/mol. The molecule has 0 radical (unpaired) electrons. The molecule has 1 aromatic rings. The average Bonchev–Trinajstić information content (AvgIpc) is 2.97. The van der Waals surface area contributed by atoms with Crippen LogP contribution in [0.5, 0.6) is 5.75 Å². The van der Waals surface area contributed by atoms with Gasteiger partial charge in [-0.25, -0.2) is 0 Å². The molecule has 0 saturated heterocycles. The monoisotopic (exact) mass is 190 g/mol. The molecule has 3 heteroatoms. The molecule has 0 bridgehead atoms. The predicted octanol–water partition coefficient (Wildman–Crippen LogP) is 2.05. The number of rotatable bonds is 2. The molecule has 74 valence electrons. The van der Waals surface area contributed by atoms with Gasteiger partial charge in [0.2, 0.25) is 0 Å². The quantitative estimate of drug-likeness (QED) is 0.772. The van der Waals surface area contributed by atoms with Gasteiger partial charge >= 0.3 is 0 Å². The highest BCUT2D eigenvalue weighted by Gasteiger charge is 2.34. The second-order valence-electron chi connectivity index (χ2n) is 3.89. The van der Waals surface area contributed by atoms with Gasteiger partial charge in [-0.15, -0.1) is 0 Å². The van der Waals surface area contributed by atoms with Gasteiger partial charge in [0.25, 0.3) is 0 Å². The Labute approximate surface area is 83.7 Å². The first-order valence-corrected chi connectivity index (χ1v) is 5.07. The molecule has 1 aliphatic carbocycles. The number of nitrogens with zero attached hydrogens (tertiary/aromatic N) is 1. The lowest BCUT2D eigenvalue weighted by molar-refractivity contribution is 0.417. The number of hydrogen-bond donors (Lipinski definition) is 1. The van der Waals surface area contributed by atoms with Gasteiger partial charge < -0.3 is 15.0 Å². The van der Waals surface area contributed by atoms with Crippen molar-refractivity contribution < 1.29 is 4.74 Å². The van der Waals surface area contributed by atoms with Gasteiger partial charge in [0.15, 0.2) is 0 Å². The summed E-state index contributed by atoms with van der Waals surface area (Å²) in [7, 11) is 1.72. The minimum Gasteiger partial charge on any atom is -0.495 e. The third-order valence-electron chi connectivity index (χ3n) is 2.95. The summed E-state index contributed by atoms with van der Waals surface area (Å²) in [5.41, 5.74) is 2.45. The molecule has 1 aromatic carbocycles. The molecular formula is C11H14N2O. The Balaban J connectivity index is 2.02. The number of nitrogens with one attached hydrogen (secondary N) is 1. The topological polar surface area (TPSA) is 24.5 Å². The average molecular weight is 190 g/mol. The summed E-state index contributed by atoms with van der Waals surface area (Å²) in [5, 5.41) is 3.39. The Morgan fingerprint density at radius 1 is 1.43 bits per heavy atom. The molecule has 2 aliphatic rings.